The van der Waals surface area contributed by atoms with Gasteiger partial charge in [-0.05, 0) is 43.5 Å². The Morgan fingerprint density at radius 2 is 1.96 bits per heavy atom. The lowest BCUT2D eigenvalue weighted by atomic mass is 10.2. The summed E-state index contributed by atoms with van der Waals surface area (Å²) in [5, 5.41) is 0. The fourth-order valence-corrected chi connectivity index (χ4v) is 5.18. The Hall–Kier alpha value is -2.54. The summed E-state index contributed by atoms with van der Waals surface area (Å²) in [6, 6.07) is 10.7. The fourth-order valence-electron chi connectivity index (χ4n) is 3.45. The van der Waals surface area contributed by atoms with Crippen molar-refractivity contribution in [3.63, 3.8) is 0 Å². The van der Waals surface area contributed by atoms with E-state index in [4.69, 9.17) is 4.42 Å². The summed E-state index contributed by atoms with van der Waals surface area (Å²) in [5.41, 5.74) is 3.25. The second-order valence-corrected chi connectivity index (χ2v) is 7.98. The van der Waals surface area contributed by atoms with Crippen LogP contribution in [0.1, 0.15) is 18.1 Å². The molecule has 1 aromatic heterocycles. The maximum atomic E-state index is 13.2. The minimum atomic E-state index is -3.72. The Kier molecular flexibility index (Phi) is 3.50. The first-order valence-electron chi connectivity index (χ1n) is 8.18. The predicted octanol–water partition coefficient (Wildman–Crippen LogP) is 2.67. The molecule has 7 heteroatoms. The summed E-state index contributed by atoms with van der Waals surface area (Å²) in [6.07, 6.45) is 0.692. The van der Waals surface area contributed by atoms with Gasteiger partial charge >= 0.3 is 5.76 Å². The molecule has 0 saturated heterocycles. The van der Waals surface area contributed by atoms with Gasteiger partial charge in [-0.25, -0.2) is 13.2 Å². The molecule has 1 aliphatic heterocycles. The van der Waals surface area contributed by atoms with Gasteiger partial charge in [-0.15, -0.1) is 0 Å². The molecule has 0 amide bonds. The highest BCUT2D eigenvalue weighted by Gasteiger charge is 2.32. The van der Waals surface area contributed by atoms with Crippen LogP contribution in [-0.2, 0) is 23.0 Å². The van der Waals surface area contributed by atoms with Crippen molar-refractivity contribution in [2.45, 2.75) is 31.7 Å². The standard InChI is InChI=1S/C18H18N2O4S/c1-3-19-15-10-12(2)17(11-16(15)24-18(19)21)25(22,23)20-9-8-13-6-4-5-7-14(13)20/h4-7,10-11H,3,8-9H2,1-2H3. The van der Waals surface area contributed by atoms with Gasteiger partial charge < -0.3 is 4.42 Å². The average molecular weight is 358 g/mol. The highest BCUT2D eigenvalue weighted by Crippen LogP contribution is 2.34. The first kappa shape index (κ1) is 16.0. The number of oxazole rings is 1. The molecule has 0 saturated carbocycles. The minimum Gasteiger partial charge on any atom is -0.408 e. The molecule has 4 rings (SSSR count). The highest BCUT2D eigenvalue weighted by molar-refractivity contribution is 7.93. The number of hydrogen-bond donors (Lipinski definition) is 0. The van der Waals surface area contributed by atoms with Crippen LogP contribution in [-0.4, -0.2) is 19.5 Å². The molecule has 0 bridgehead atoms. The average Bonchev–Trinajstić information content (AvgIpc) is 3.14. The number of nitrogens with zero attached hydrogens (tertiary/aromatic N) is 2. The Labute approximate surface area is 145 Å². The van der Waals surface area contributed by atoms with E-state index in [1.54, 1.807) is 13.0 Å². The van der Waals surface area contributed by atoms with Crippen molar-refractivity contribution in [1.82, 2.24) is 4.57 Å². The minimum absolute atomic E-state index is 0.175. The predicted molar refractivity (Wildman–Crippen MR) is 95.6 cm³/mol. The third-order valence-electron chi connectivity index (χ3n) is 4.69. The van der Waals surface area contributed by atoms with Gasteiger partial charge in [0.1, 0.15) is 0 Å². The summed E-state index contributed by atoms with van der Waals surface area (Å²) in [7, 11) is -3.72. The molecule has 2 heterocycles. The topological polar surface area (TPSA) is 72.5 Å². The lowest BCUT2D eigenvalue weighted by Gasteiger charge is -2.20. The van der Waals surface area contributed by atoms with Gasteiger partial charge in [0, 0.05) is 19.2 Å². The summed E-state index contributed by atoms with van der Waals surface area (Å²) >= 11 is 0. The molecule has 1 aliphatic rings. The van der Waals surface area contributed by atoms with Crippen molar-refractivity contribution in [2.24, 2.45) is 0 Å². The molecule has 130 valence electrons. The third-order valence-corrected chi connectivity index (χ3v) is 6.65. The number of fused-ring (bicyclic) bond motifs is 2. The van der Waals surface area contributed by atoms with Crippen molar-refractivity contribution in [2.75, 3.05) is 10.8 Å². The van der Waals surface area contributed by atoms with Gasteiger partial charge in [0.25, 0.3) is 10.0 Å². The zero-order valence-electron chi connectivity index (χ0n) is 14.0. The Bertz CT molecular complexity index is 1140. The number of hydrogen-bond acceptors (Lipinski definition) is 4. The molecular weight excluding hydrogens is 340 g/mol. The van der Waals surface area contributed by atoms with Crippen LogP contribution < -0.4 is 10.1 Å². The lowest BCUT2D eigenvalue weighted by molar-refractivity contribution is 0.512. The number of anilines is 1. The van der Waals surface area contributed by atoms with E-state index in [0.717, 1.165) is 11.3 Å². The van der Waals surface area contributed by atoms with E-state index in [2.05, 4.69) is 0 Å². The van der Waals surface area contributed by atoms with Crippen LogP contribution >= 0.6 is 0 Å². The quantitative estimate of drug-likeness (QED) is 0.722. The molecule has 0 spiro atoms. The van der Waals surface area contributed by atoms with Crippen molar-refractivity contribution in [3.8, 4) is 0 Å². The first-order valence-corrected chi connectivity index (χ1v) is 9.62. The molecule has 0 N–H and O–H groups in total. The lowest BCUT2D eigenvalue weighted by Crippen LogP contribution is -2.29. The molecule has 25 heavy (non-hydrogen) atoms. The largest absolute Gasteiger partial charge is 0.419 e. The van der Waals surface area contributed by atoms with Crippen LogP contribution in [0.25, 0.3) is 11.1 Å². The second kappa shape index (κ2) is 5.49. The maximum Gasteiger partial charge on any atom is 0.419 e. The van der Waals surface area contributed by atoms with Crippen LogP contribution in [0.15, 0.2) is 50.5 Å². The Balaban J connectivity index is 1.89. The van der Waals surface area contributed by atoms with Crippen molar-refractivity contribution in [3.05, 3.63) is 58.1 Å². The second-order valence-electron chi connectivity index (χ2n) is 6.15. The summed E-state index contributed by atoms with van der Waals surface area (Å²) in [6.45, 7) is 4.47. The molecule has 6 nitrogen and oxygen atoms in total. The van der Waals surface area contributed by atoms with E-state index in [-0.39, 0.29) is 4.90 Å². The number of aromatic nitrogens is 1. The van der Waals surface area contributed by atoms with Gasteiger partial charge in [0.05, 0.1) is 16.1 Å². The zero-order chi connectivity index (χ0) is 17.8. The number of benzene rings is 2. The van der Waals surface area contributed by atoms with Gasteiger partial charge in [-0.3, -0.25) is 8.87 Å². The van der Waals surface area contributed by atoms with E-state index in [0.29, 0.717) is 36.2 Å². The van der Waals surface area contributed by atoms with Crippen molar-refractivity contribution >= 4 is 26.8 Å². The molecule has 0 radical (unpaired) electrons. The molecule has 0 atom stereocenters. The van der Waals surface area contributed by atoms with E-state index < -0.39 is 15.8 Å². The first-order chi connectivity index (χ1) is 11.9. The SMILES string of the molecule is CCn1c(=O)oc2cc(S(=O)(=O)N3CCc4ccccc43)c(C)cc21. The van der Waals surface area contributed by atoms with Gasteiger partial charge in [0.2, 0.25) is 0 Å². The maximum absolute atomic E-state index is 13.2. The molecule has 0 aliphatic carbocycles. The molecule has 0 unspecified atom stereocenters. The third kappa shape index (κ3) is 2.30. The zero-order valence-corrected chi connectivity index (χ0v) is 14.8. The fraction of sp³-hybridized carbons (Fsp3) is 0.278. The smallest absolute Gasteiger partial charge is 0.408 e. The van der Waals surface area contributed by atoms with Crippen LogP contribution in [0.5, 0.6) is 0 Å². The van der Waals surface area contributed by atoms with E-state index in [1.807, 2.05) is 31.2 Å². The van der Waals surface area contributed by atoms with Crippen LogP contribution in [0.2, 0.25) is 0 Å². The highest BCUT2D eigenvalue weighted by atomic mass is 32.2. The number of sulfonamides is 1. The Morgan fingerprint density at radius 3 is 2.72 bits per heavy atom. The van der Waals surface area contributed by atoms with Gasteiger partial charge in [0.15, 0.2) is 5.58 Å². The molecule has 2 aromatic carbocycles. The van der Waals surface area contributed by atoms with Crippen molar-refractivity contribution in [1.29, 1.82) is 0 Å². The summed E-state index contributed by atoms with van der Waals surface area (Å²) in [4.78, 5) is 12.1. The summed E-state index contributed by atoms with van der Waals surface area (Å²) in [5.74, 6) is -0.474. The normalized spacial score (nSPS) is 14.2. The van der Waals surface area contributed by atoms with E-state index >= 15 is 0 Å². The monoisotopic (exact) mass is 358 g/mol. The van der Waals surface area contributed by atoms with Crippen LogP contribution in [0.4, 0.5) is 5.69 Å². The Morgan fingerprint density at radius 1 is 1.20 bits per heavy atom. The molecule has 3 aromatic rings. The van der Waals surface area contributed by atoms with E-state index in [9.17, 15) is 13.2 Å². The molecule has 0 fully saturated rings. The number of rotatable bonds is 3. The number of para-hydroxylation sites is 1. The van der Waals surface area contributed by atoms with Crippen molar-refractivity contribution < 1.29 is 12.8 Å². The number of aryl methyl sites for hydroxylation is 2. The van der Waals surface area contributed by atoms with Gasteiger partial charge in [-0.2, -0.15) is 0 Å². The van der Waals surface area contributed by atoms with Crippen LogP contribution in [0, 0.1) is 6.92 Å². The molecular formula is C18H18N2O4S. The van der Waals surface area contributed by atoms with Crippen LogP contribution in [0.3, 0.4) is 0 Å². The summed E-state index contributed by atoms with van der Waals surface area (Å²) < 4.78 is 34.6. The van der Waals surface area contributed by atoms with Gasteiger partial charge in [-0.1, -0.05) is 18.2 Å². The van der Waals surface area contributed by atoms with E-state index in [1.165, 1.54) is 14.9 Å².